The zero-order valence-electron chi connectivity index (χ0n) is 13.5. The number of nitrogens with one attached hydrogen (secondary N) is 2. The molecule has 124 valence electrons. The maximum absolute atomic E-state index is 5.84. The van der Waals surface area contributed by atoms with E-state index in [1.165, 1.54) is 4.88 Å². The molecule has 1 aliphatic heterocycles. The Kier molecular flexibility index (Phi) is 6.13. The Hall–Kier alpha value is -0.340. The molecule has 2 aliphatic rings. The fourth-order valence-electron chi connectivity index (χ4n) is 3.72. The second-order valence-corrected chi connectivity index (χ2v) is 7.55. The van der Waals surface area contributed by atoms with Gasteiger partial charge in [-0.1, -0.05) is 19.9 Å². The van der Waals surface area contributed by atoms with E-state index in [2.05, 4.69) is 47.0 Å². The van der Waals surface area contributed by atoms with E-state index in [0.29, 0.717) is 18.1 Å². The van der Waals surface area contributed by atoms with Crippen molar-refractivity contribution >= 4 is 41.3 Å². The molecule has 0 amide bonds. The summed E-state index contributed by atoms with van der Waals surface area (Å²) < 4.78 is 5.84. The molecule has 1 saturated heterocycles. The molecule has 0 spiro atoms. The van der Waals surface area contributed by atoms with Crippen molar-refractivity contribution in [2.75, 3.05) is 20.2 Å². The first kappa shape index (κ1) is 18.0. The van der Waals surface area contributed by atoms with Crippen molar-refractivity contribution in [2.24, 2.45) is 16.3 Å². The zero-order chi connectivity index (χ0) is 14.9. The van der Waals surface area contributed by atoms with E-state index < -0.39 is 0 Å². The number of nitrogens with zero attached hydrogens (tertiary/aromatic N) is 1. The van der Waals surface area contributed by atoms with Crippen molar-refractivity contribution < 1.29 is 4.74 Å². The second kappa shape index (κ2) is 7.49. The maximum Gasteiger partial charge on any atom is 0.191 e. The van der Waals surface area contributed by atoms with Gasteiger partial charge in [0.1, 0.15) is 0 Å². The molecule has 0 radical (unpaired) electrons. The largest absolute Gasteiger partial charge is 0.377 e. The molecular formula is C16H26IN3OS. The summed E-state index contributed by atoms with van der Waals surface area (Å²) in [4.78, 5) is 5.77. The van der Waals surface area contributed by atoms with Gasteiger partial charge < -0.3 is 15.4 Å². The second-order valence-electron chi connectivity index (χ2n) is 6.52. The van der Waals surface area contributed by atoms with Crippen LogP contribution < -0.4 is 10.6 Å². The van der Waals surface area contributed by atoms with Gasteiger partial charge in [-0.25, -0.2) is 0 Å². The zero-order valence-corrected chi connectivity index (χ0v) is 16.6. The van der Waals surface area contributed by atoms with Crippen LogP contribution in [0.15, 0.2) is 22.5 Å². The van der Waals surface area contributed by atoms with Gasteiger partial charge in [-0.2, -0.15) is 0 Å². The molecule has 4 nitrogen and oxygen atoms in total. The van der Waals surface area contributed by atoms with Crippen LogP contribution in [0.2, 0.25) is 0 Å². The van der Waals surface area contributed by atoms with Crippen LogP contribution in [0.4, 0.5) is 0 Å². The maximum atomic E-state index is 5.84. The monoisotopic (exact) mass is 435 g/mol. The minimum atomic E-state index is 0. The summed E-state index contributed by atoms with van der Waals surface area (Å²) in [6.45, 7) is 6.39. The van der Waals surface area contributed by atoms with Crippen molar-refractivity contribution in [1.29, 1.82) is 0 Å². The summed E-state index contributed by atoms with van der Waals surface area (Å²) in [5.74, 6) is 1.55. The van der Waals surface area contributed by atoms with Gasteiger partial charge in [0.05, 0.1) is 6.10 Å². The number of aliphatic imine (C=N–C) groups is 1. The molecule has 2 heterocycles. The third-order valence-corrected chi connectivity index (χ3v) is 5.80. The van der Waals surface area contributed by atoms with Crippen LogP contribution in [0.5, 0.6) is 0 Å². The molecule has 22 heavy (non-hydrogen) atoms. The Bertz CT molecular complexity index is 503. The van der Waals surface area contributed by atoms with Gasteiger partial charge in [-0.3, -0.25) is 4.99 Å². The first-order valence-electron chi connectivity index (χ1n) is 7.74. The lowest BCUT2D eigenvalue weighted by atomic mass is 9.57. The van der Waals surface area contributed by atoms with Gasteiger partial charge >= 0.3 is 0 Å². The fraction of sp³-hybridized carbons (Fsp3) is 0.688. The molecule has 0 bridgehead atoms. The van der Waals surface area contributed by atoms with Crippen molar-refractivity contribution in [2.45, 2.75) is 38.8 Å². The molecule has 3 unspecified atom stereocenters. The summed E-state index contributed by atoms with van der Waals surface area (Å²) in [6, 6.07) is 4.74. The molecule has 1 aromatic heterocycles. The van der Waals surface area contributed by atoms with Gasteiger partial charge in [0, 0.05) is 42.5 Å². The molecule has 1 aromatic rings. The van der Waals surface area contributed by atoms with E-state index in [4.69, 9.17) is 4.74 Å². The third kappa shape index (κ3) is 3.43. The molecule has 3 atom stereocenters. The minimum Gasteiger partial charge on any atom is -0.377 e. The lowest BCUT2D eigenvalue weighted by molar-refractivity contribution is -0.106. The SMILES string of the molecule is CN=C(NCCc1cccs1)NC1C2CCOC2C1(C)C.I. The molecular weight excluding hydrogens is 409 g/mol. The number of halogens is 1. The van der Waals surface area contributed by atoms with Gasteiger partial charge in [0.15, 0.2) is 5.96 Å². The van der Waals surface area contributed by atoms with Crippen LogP contribution in [0.25, 0.3) is 0 Å². The summed E-state index contributed by atoms with van der Waals surface area (Å²) in [6.07, 6.45) is 2.62. The van der Waals surface area contributed by atoms with Crippen LogP contribution in [-0.4, -0.2) is 38.3 Å². The van der Waals surface area contributed by atoms with Crippen LogP contribution in [-0.2, 0) is 11.2 Å². The number of fused-ring (bicyclic) bond motifs is 1. The summed E-state index contributed by atoms with van der Waals surface area (Å²) in [5.41, 5.74) is 0.187. The van der Waals surface area contributed by atoms with E-state index in [9.17, 15) is 0 Å². The molecule has 0 aromatic carbocycles. The molecule has 3 rings (SSSR count). The highest BCUT2D eigenvalue weighted by atomic mass is 127. The summed E-state index contributed by atoms with van der Waals surface area (Å²) in [7, 11) is 1.84. The fourth-order valence-corrected chi connectivity index (χ4v) is 4.43. The topological polar surface area (TPSA) is 45.7 Å². The molecule has 1 aliphatic carbocycles. The van der Waals surface area contributed by atoms with Crippen LogP contribution in [0.3, 0.4) is 0 Å². The Morgan fingerprint density at radius 1 is 1.50 bits per heavy atom. The molecule has 1 saturated carbocycles. The van der Waals surface area contributed by atoms with Crippen LogP contribution in [0.1, 0.15) is 25.1 Å². The third-order valence-electron chi connectivity index (χ3n) is 4.86. The number of hydrogen-bond donors (Lipinski definition) is 2. The van der Waals surface area contributed by atoms with Gasteiger partial charge in [-0.15, -0.1) is 35.3 Å². The highest BCUT2D eigenvalue weighted by molar-refractivity contribution is 14.0. The number of thiophene rings is 1. The lowest BCUT2D eigenvalue weighted by Gasteiger charge is -2.54. The standard InChI is InChI=1S/C16H25N3OS.HI/c1-16(2)13(12-7-9-20-14(12)16)19-15(17-3)18-8-6-11-5-4-10-21-11;/h4-5,10,12-14H,6-9H2,1-3H3,(H2,17,18,19);1H. The molecule has 6 heteroatoms. The highest BCUT2D eigenvalue weighted by Crippen LogP contribution is 2.52. The Labute approximate surface area is 154 Å². The molecule has 2 fully saturated rings. The van der Waals surface area contributed by atoms with Gasteiger partial charge in [0.2, 0.25) is 0 Å². The quantitative estimate of drug-likeness (QED) is 0.435. The Balaban J connectivity index is 0.00000176. The predicted molar refractivity (Wildman–Crippen MR) is 103 cm³/mol. The first-order valence-corrected chi connectivity index (χ1v) is 8.62. The van der Waals surface area contributed by atoms with Gasteiger partial charge in [-0.05, 0) is 24.3 Å². The summed E-state index contributed by atoms with van der Waals surface area (Å²) in [5, 5.41) is 9.16. The Morgan fingerprint density at radius 3 is 3.00 bits per heavy atom. The van der Waals surface area contributed by atoms with E-state index in [0.717, 1.165) is 32.0 Å². The van der Waals surface area contributed by atoms with Crippen molar-refractivity contribution in [3.05, 3.63) is 22.4 Å². The average molecular weight is 435 g/mol. The minimum absolute atomic E-state index is 0. The number of ether oxygens (including phenoxy) is 1. The Morgan fingerprint density at radius 2 is 2.32 bits per heavy atom. The van der Waals surface area contributed by atoms with Crippen LogP contribution >= 0.6 is 35.3 Å². The number of guanidine groups is 1. The normalized spacial score (nSPS) is 29.2. The first-order chi connectivity index (χ1) is 10.1. The van der Waals surface area contributed by atoms with E-state index in [-0.39, 0.29) is 29.4 Å². The van der Waals surface area contributed by atoms with Crippen molar-refractivity contribution in [1.82, 2.24) is 10.6 Å². The smallest absolute Gasteiger partial charge is 0.191 e. The number of hydrogen-bond acceptors (Lipinski definition) is 3. The van der Waals surface area contributed by atoms with Crippen LogP contribution in [0, 0.1) is 11.3 Å². The highest BCUT2D eigenvalue weighted by Gasteiger charge is 2.59. The van der Waals surface area contributed by atoms with Crippen molar-refractivity contribution in [3.63, 3.8) is 0 Å². The molecule has 2 N–H and O–H groups in total. The van der Waals surface area contributed by atoms with E-state index >= 15 is 0 Å². The van der Waals surface area contributed by atoms with E-state index in [1.807, 2.05) is 18.4 Å². The average Bonchev–Trinajstić information content (AvgIpc) is 3.12. The van der Waals surface area contributed by atoms with E-state index in [1.54, 1.807) is 0 Å². The lowest BCUT2D eigenvalue weighted by Crippen LogP contribution is -2.68. The summed E-state index contributed by atoms with van der Waals surface area (Å²) >= 11 is 1.81. The predicted octanol–water partition coefficient (Wildman–Crippen LogP) is 2.89. The van der Waals surface area contributed by atoms with Crippen molar-refractivity contribution in [3.8, 4) is 0 Å². The number of rotatable bonds is 4. The van der Waals surface area contributed by atoms with Gasteiger partial charge in [0.25, 0.3) is 0 Å².